The van der Waals surface area contributed by atoms with Crippen LogP contribution >= 0.6 is 0 Å². The van der Waals surface area contributed by atoms with Gasteiger partial charge in [-0.15, -0.1) is 0 Å². The first-order valence-electron chi connectivity index (χ1n) is 7.01. The summed E-state index contributed by atoms with van der Waals surface area (Å²) in [5.74, 6) is -3.42. The van der Waals surface area contributed by atoms with Gasteiger partial charge in [0.15, 0.2) is 0 Å². The predicted molar refractivity (Wildman–Crippen MR) is 81.3 cm³/mol. The molecule has 24 heavy (non-hydrogen) atoms. The average molecular weight is 336 g/mol. The number of benzene rings is 2. The zero-order valence-corrected chi connectivity index (χ0v) is 12.5. The lowest BCUT2D eigenvalue weighted by molar-refractivity contribution is -0.387. The van der Waals surface area contributed by atoms with Crippen molar-refractivity contribution in [2.24, 2.45) is 0 Å². The first kappa shape index (κ1) is 17.5. The molecule has 0 aliphatic rings. The molecule has 0 bridgehead atoms. The molecule has 0 fully saturated rings. The normalized spacial score (nSPS) is 10.5. The third kappa shape index (κ3) is 3.90. The van der Waals surface area contributed by atoms with Crippen molar-refractivity contribution in [2.45, 2.75) is 6.54 Å². The standard InChI is InChI=1S/C16H14F2N2O4/c17-13-9-14(18)15(20(23)24)8-12(13)16(22)19(6-7-21)10-11-4-2-1-3-5-11/h1-5,8-9,21H,6-7,10H2. The summed E-state index contributed by atoms with van der Waals surface area (Å²) in [5, 5.41) is 19.9. The van der Waals surface area contributed by atoms with E-state index in [1.54, 1.807) is 30.3 Å². The van der Waals surface area contributed by atoms with Crippen LogP contribution in [0.2, 0.25) is 0 Å². The van der Waals surface area contributed by atoms with E-state index in [0.717, 1.165) is 10.5 Å². The van der Waals surface area contributed by atoms with Crippen LogP contribution in [0.1, 0.15) is 15.9 Å². The maximum absolute atomic E-state index is 13.9. The lowest BCUT2D eigenvalue weighted by Crippen LogP contribution is -2.33. The third-order valence-electron chi connectivity index (χ3n) is 3.34. The summed E-state index contributed by atoms with van der Waals surface area (Å²) < 4.78 is 27.3. The Balaban J connectivity index is 2.36. The van der Waals surface area contributed by atoms with Crippen LogP contribution in [-0.2, 0) is 6.54 Å². The van der Waals surface area contributed by atoms with Gasteiger partial charge in [-0.1, -0.05) is 30.3 Å². The molecular formula is C16H14F2N2O4. The highest BCUT2D eigenvalue weighted by Gasteiger charge is 2.25. The molecule has 2 aromatic rings. The van der Waals surface area contributed by atoms with Gasteiger partial charge >= 0.3 is 5.69 Å². The van der Waals surface area contributed by atoms with Crippen molar-refractivity contribution in [3.8, 4) is 0 Å². The predicted octanol–water partition coefficient (Wildman–Crippen LogP) is 2.51. The number of nitrogens with zero attached hydrogens (tertiary/aromatic N) is 2. The van der Waals surface area contributed by atoms with Crippen molar-refractivity contribution in [1.29, 1.82) is 0 Å². The minimum absolute atomic E-state index is 0.0743. The van der Waals surface area contributed by atoms with Gasteiger partial charge in [-0.2, -0.15) is 4.39 Å². The summed E-state index contributed by atoms with van der Waals surface area (Å²) in [7, 11) is 0. The first-order chi connectivity index (χ1) is 11.4. The number of nitro groups is 1. The van der Waals surface area contributed by atoms with Gasteiger partial charge in [0, 0.05) is 25.2 Å². The van der Waals surface area contributed by atoms with Crippen LogP contribution in [0.15, 0.2) is 42.5 Å². The molecule has 0 radical (unpaired) electrons. The molecule has 0 saturated carbocycles. The lowest BCUT2D eigenvalue weighted by Gasteiger charge is -2.22. The largest absolute Gasteiger partial charge is 0.395 e. The van der Waals surface area contributed by atoms with Crippen molar-refractivity contribution in [2.75, 3.05) is 13.2 Å². The molecule has 0 unspecified atom stereocenters. The molecule has 1 N–H and O–H groups in total. The van der Waals surface area contributed by atoms with Crippen LogP contribution < -0.4 is 0 Å². The number of carbonyl (C=O) groups is 1. The minimum atomic E-state index is -1.36. The second-order valence-corrected chi connectivity index (χ2v) is 4.98. The highest BCUT2D eigenvalue weighted by molar-refractivity contribution is 5.95. The molecule has 0 aliphatic carbocycles. The Morgan fingerprint density at radius 3 is 2.42 bits per heavy atom. The molecule has 0 saturated heterocycles. The molecular weight excluding hydrogens is 322 g/mol. The number of carbonyl (C=O) groups excluding carboxylic acids is 1. The fourth-order valence-corrected chi connectivity index (χ4v) is 2.19. The zero-order chi connectivity index (χ0) is 17.7. The number of halogens is 2. The molecule has 126 valence electrons. The number of nitro benzene ring substituents is 1. The number of amides is 1. The van der Waals surface area contributed by atoms with Crippen LogP contribution in [0.5, 0.6) is 0 Å². The van der Waals surface area contributed by atoms with Gasteiger partial charge in [-0.25, -0.2) is 4.39 Å². The highest BCUT2D eigenvalue weighted by atomic mass is 19.1. The second-order valence-electron chi connectivity index (χ2n) is 4.98. The number of aliphatic hydroxyl groups excluding tert-OH is 1. The van der Waals surface area contributed by atoms with E-state index in [2.05, 4.69) is 0 Å². The average Bonchev–Trinajstić information content (AvgIpc) is 2.54. The smallest absolute Gasteiger partial charge is 0.305 e. The Morgan fingerprint density at radius 1 is 1.17 bits per heavy atom. The van der Waals surface area contributed by atoms with Gasteiger partial charge in [0.2, 0.25) is 5.82 Å². The van der Waals surface area contributed by atoms with Crippen LogP contribution in [0.4, 0.5) is 14.5 Å². The Bertz CT molecular complexity index is 753. The van der Waals surface area contributed by atoms with Gasteiger partial charge in [-0.3, -0.25) is 14.9 Å². The first-order valence-corrected chi connectivity index (χ1v) is 7.01. The van der Waals surface area contributed by atoms with Crippen LogP contribution in [0, 0.1) is 21.7 Å². The Labute approximate surface area is 136 Å². The van der Waals surface area contributed by atoms with E-state index in [-0.39, 0.29) is 19.7 Å². The molecule has 2 rings (SSSR count). The van der Waals surface area contributed by atoms with Gasteiger partial charge in [0.05, 0.1) is 17.1 Å². The number of rotatable bonds is 6. The van der Waals surface area contributed by atoms with Crippen LogP contribution in [0.3, 0.4) is 0 Å². The molecule has 6 nitrogen and oxygen atoms in total. The van der Waals surface area contributed by atoms with E-state index in [0.29, 0.717) is 12.1 Å². The molecule has 0 aliphatic heterocycles. The van der Waals surface area contributed by atoms with E-state index >= 15 is 0 Å². The number of aliphatic hydroxyl groups is 1. The summed E-state index contributed by atoms with van der Waals surface area (Å²) in [6, 6.07) is 9.64. The van der Waals surface area contributed by atoms with E-state index < -0.39 is 33.7 Å². The zero-order valence-electron chi connectivity index (χ0n) is 12.5. The maximum Gasteiger partial charge on any atom is 0.305 e. The summed E-state index contributed by atoms with van der Waals surface area (Å²) in [6.45, 7) is -0.396. The second kappa shape index (κ2) is 7.60. The van der Waals surface area contributed by atoms with E-state index in [9.17, 15) is 23.7 Å². The van der Waals surface area contributed by atoms with E-state index in [4.69, 9.17) is 5.11 Å². The number of hydrogen-bond acceptors (Lipinski definition) is 4. The fraction of sp³-hybridized carbons (Fsp3) is 0.188. The third-order valence-corrected chi connectivity index (χ3v) is 3.34. The van der Waals surface area contributed by atoms with Crippen molar-refractivity contribution < 1.29 is 23.6 Å². The molecule has 8 heteroatoms. The molecule has 0 heterocycles. The minimum Gasteiger partial charge on any atom is -0.395 e. The molecule has 0 aromatic heterocycles. The van der Waals surface area contributed by atoms with Crippen LogP contribution in [-0.4, -0.2) is 34.0 Å². The summed E-state index contributed by atoms with van der Waals surface area (Å²) in [5.41, 5.74) is -0.868. The van der Waals surface area contributed by atoms with Crippen molar-refractivity contribution in [1.82, 2.24) is 4.90 Å². The Kier molecular flexibility index (Phi) is 5.54. The topological polar surface area (TPSA) is 83.7 Å². The van der Waals surface area contributed by atoms with Crippen molar-refractivity contribution >= 4 is 11.6 Å². The van der Waals surface area contributed by atoms with Crippen molar-refractivity contribution in [3.05, 3.63) is 75.3 Å². The Hall–Kier alpha value is -2.87. The van der Waals surface area contributed by atoms with Gasteiger partial charge in [0.25, 0.3) is 5.91 Å². The Morgan fingerprint density at radius 2 is 1.83 bits per heavy atom. The molecule has 0 spiro atoms. The number of hydrogen-bond donors (Lipinski definition) is 1. The monoisotopic (exact) mass is 336 g/mol. The van der Waals surface area contributed by atoms with Gasteiger partial charge in [-0.05, 0) is 5.56 Å². The molecule has 1 amide bonds. The molecule has 0 atom stereocenters. The summed E-state index contributed by atoms with van der Waals surface area (Å²) in [4.78, 5) is 23.4. The van der Waals surface area contributed by atoms with E-state index in [1.165, 1.54) is 0 Å². The maximum atomic E-state index is 13.9. The summed E-state index contributed by atoms with van der Waals surface area (Å²) in [6.07, 6.45) is 0. The summed E-state index contributed by atoms with van der Waals surface area (Å²) >= 11 is 0. The van der Waals surface area contributed by atoms with Crippen molar-refractivity contribution in [3.63, 3.8) is 0 Å². The van der Waals surface area contributed by atoms with Gasteiger partial charge in [0.1, 0.15) is 5.82 Å². The molecule has 2 aromatic carbocycles. The highest BCUT2D eigenvalue weighted by Crippen LogP contribution is 2.23. The van der Waals surface area contributed by atoms with Gasteiger partial charge < -0.3 is 10.0 Å². The lowest BCUT2D eigenvalue weighted by atomic mass is 10.1. The van der Waals surface area contributed by atoms with Crippen LogP contribution in [0.25, 0.3) is 0 Å². The SMILES string of the molecule is O=C(c1cc([N+](=O)[O-])c(F)cc1F)N(CCO)Cc1ccccc1. The fourth-order valence-electron chi connectivity index (χ4n) is 2.19. The van der Waals surface area contributed by atoms with E-state index in [1.807, 2.05) is 0 Å². The quantitative estimate of drug-likeness (QED) is 0.649.